The summed E-state index contributed by atoms with van der Waals surface area (Å²) in [4.78, 5) is 12.3. The number of amides is 1. The average Bonchev–Trinajstić information content (AvgIpc) is 2.39. The van der Waals surface area contributed by atoms with Crippen molar-refractivity contribution in [3.05, 3.63) is 62.6 Å². The molecule has 104 valence electrons. The molecule has 0 fully saturated rings. The predicted molar refractivity (Wildman–Crippen MR) is 87.5 cm³/mol. The molecule has 0 aliphatic heterocycles. The van der Waals surface area contributed by atoms with Crippen molar-refractivity contribution in [3.63, 3.8) is 0 Å². The average molecular weight is 332 g/mol. The van der Waals surface area contributed by atoms with Crippen LogP contribution in [0, 0.1) is 27.7 Å². The number of benzene rings is 2. The molecule has 0 aliphatic carbocycles. The van der Waals surface area contributed by atoms with Crippen LogP contribution in [0.15, 0.2) is 34.8 Å². The summed E-state index contributed by atoms with van der Waals surface area (Å²) < 4.78 is 1.08. The van der Waals surface area contributed by atoms with Gasteiger partial charge in [0.15, 0.2) is 0 Å². The van der Waals surface area contributed by atoms with E-state index in [2.05, 4.69) is 21.2 Å². The van der Waals surface area contributed by atoms with E-state index >= 15 is 0 Å². The van der Waals surface area contributed by atoms with E-state index in [4.69, 9.17) is 0 Å². The number of rotatable bonds is 2. The first-order chi connectivity index (χ1) is 9.38. The lowest BCUT2D eigenvalue weighted by Gasteiger charge is -2.10. The van der Waals surface area contributed by atoms with Gasteiger partial charge in [-0.2, -0.15) is 0 Å². The lowest BCUT2D eigenvalue weighted by molar-refractivity contribution is 0.102. The number of hydrogen-bond donors (Lipinski definition) is 1. The highest BCUT2D eigenvalue weighted by Gasteiger charge is 2.09. The van der Waals surface area contributed by atoms with Gasteiger partial charge in [-0.05, 0) is 74.2 Å². The summed E-state index contributed by atoms with van der Waals surface area (Å²) in [5.74, 6) is -0.0748. The van der Waals surface area contributed by atoms with E-state index in [9.17, 15) is 4.79 Å². The monoisotopic (exact) mass is 331 g/mol. The molecule has 1 amide bonds. The van der Waals surface area contributed by atoms with Gasteiger partial charge in [0.1, 0.15) is 0 Å². The highest BCUT2D eigenvalue weighted by molar-refractivity contribution is 9.10. The maximum Gasteiger partial charge on any atom is 0.255 e. The van der Waals surface area contributed by atoms with Crippen LogP contribution in [0.2, 0.25) is 0 Å². The Kier molecular flexibility index (Phi) is 4.29. The van der Waals surface area contributed by atoms with Crippen LogP contribution in [-0.2, 0) is 0 Å². The van der Waals surface area contributed by atoms with E-state index in [1.54, 1.807) is 0 Å². The van der Waals surface area contributed by atoms with Gasteiger partial charge >= 0.3 is 0 Å². The Balaban J connectivity index is 2.25. The first-order valence-corrected chi connectivity index (χ1v) is 7.33. The summed E-state index contributed by atoms with van der Waals surface area (Å²) in [7, 11) is 0. The molecule has 1 N–H and O–H groups in total. The Morgan fingerprint density at radius 1 is 0.900 bits per heavy atom. The molecule has 20 heavy (non-hydrogen) atoms. The number of carbonyl (C=O) groups is 1. The molecule has 2 aromatic carbocycles. The van der Waals surface area contributed by atoms with Gasteiger partial charge in [0.2, 0.25) is 0 Å². The molecule has 0 radical (unpaired) electrons. The van der Waals surface area contributed by atoms with Crippen LogP contribution in [-0.4, -0.2) is 5.91 Å². The van der Waals surface area contributed by atoms with Gasteiger partial charge in [-0.25, -0.2) is 0 Å². The van der Waals surface area contributed by atoms with Crippen molar-refractivity contribution >= 4 is 27.5 Å². The third-order valence-electron chi connectivity index (χ3n) is 3.46. The number of hydrogen-bond acceptors (Lipinski definition) is 1. The maximum atomic E-state index is 12.3. The fourth-order valence-corrected chi connectivity index (χ4v) is 2.33. The Morgan fingerprint density at radius 2 is 1.50 bits per heavy atom. The predicted octanol–water partition coefficient (Wildman–Crippen LogP) is 4.94. The molecule has 0 unspecified atom stereocenters. The van der Waals surface area contributed by atoms with Crippen LogP contribution in [0.1, 0.15) is 32.6 Å². The summed E-state index contributed by atoms with van der Waals surface area (Å²) in [5, 5.41) is 2.95. The van der Waals surface area contributed by atoms with Crippen molar-refractivity contribution in [3.8, 4) is 0 Å². The Labute approximate surface area is 128 Å². The third kappa shape index (κ3) is 3.10. The zero-order valence-electron chi connectivity index (χ0n) is 12.2. The Hall–Kier alpha value is -1.61. The zero-order chi connectivity index (χ0) is 14.9. The molecule has 0 saturated carbocycles. The van der Waals surface area contributed by atoms with Gasteiger partial charge in [-0.3, -0.25) is 4.79 Å². The molecule has 0 spiro atoms. The topological polar surface area (TPSA) is 29.1 Å². The number of anilines is 1. The fourth-order valence-electron chi connectivity index (χ4n) is 2.10. The van der Waals surface area contributed by atoms with E-state index in [0.29, 0.717) is 5.56 Å². The van der Waals surface area contributed by atoms with E-state index in [1.165, 1.54) is 5.56 Å². The van der Waals surface area contributed by atoms with E-state index in [1.807, 2.05) is 58.0 Å². The number of halogens is 1. The second-order valence-corrected chi connectivity index (χ2v) is 5.97. The fraction of sp³-hybridized carbons (Fsp3) is 0.235. The summed E-state index contributed by atoms with van der Waals surface area (Å²) in [6, 6.07) is 9.69. The standard InChI is InChI=1S/C17H18BrNO/c1-10-5-6-14(7-11(10)2)17(20)19-15-8-12(3)16(18)13(4)9-15/h5-9H,1-4H3,(H,19,20). The van der Waals surface area contributed by atoms with Crippen molar-refractivity contribution in [2.75, 3.05) is 5.32 Å². The molecule has 3 heteroatoms. The van der Waals surface area contributed by atoms with Crippen molar-refractivity contribution in [2.24, 2.45) is 0 Å². The van der Waals surface area contributed by atoms with Crippen LogP contribution in [0.3, 0.4) is 0 Å². The van der Waals surface area contributed by atoms with Gasteiger partial charge in [0.25, 0.3) is 5.91 Å². The number of carbonyl (C=O) groups excluding carboxylic acids is 1. The molecule has 2 nitrogen and oxygen atoms in total. The highest BCUT2D eigenvalue weighted by Crippen LogP contribution is 2.25. The highest BCUT2D eigenvalue weighted by atomic mass is 79.9. The first-order valence-electron chi connectivity index (χ1n) is 6.54. The van der Waals surface area contributed by atoms with Crippen molar-refractivity contribution in [1.82, 2.24) is 0 Å². The maximum absolute atomic E-state index is 12.3. The molecular formula is C17H18BrNO. The zero-order valence-corrected chi connectivity index (χ0v) is 13.8. The lowest BCUT2D eigenvalue weighted by Crippen LogP contribution is -2.12. The second kappa shape index (κ2) is 5.80. The first kappa shape index (κ1) is 14.8. The Bertz CT molecular complexity index is 654. The van der Waals surface area contributed by atoms with Gasteiger partial charge in [0, 0.05) is 15.7 Å². The van der Waals surface area contributed by atoms with Crippen LogP contribution >= 0.6 is 15.9 Å². The van der Waals surface area contributed by atoms with Gasteiger partial charge in [-0.1, -0.05) is 22.0 Å². The van der Waals surface area contributed by atoms with Crippen molar-refractivity contribution in [1.29, 1.82) is 0 Å². The summed E-state index contributed by atoms with van der Waals surface area (Å²) in [6.45, 7) is 8.09. The van der Waals surface area contributed by atoms with Crippen LogP contribution in [0.5, 0.6) is 0 Å². The van der Waals surface area contributed by atoms with Gasteiger partial charge in [-0.15, -0.1) is 0 Å². The minimum Gasteiger partial charge on any atom is -0.322 e. The second-order valence-electron chi connectivity index (χ2n) is 5.18. The normalized spacial score (nSPS) is 10.4. The Morgan fingerprint density at radius 3 is 2.05 bits per heavy atom. The number of nitrogens with one attached hydrogen (secondary N) is 1. The van der Waals surface area contributed by atoms with Crippen LogP contribution in [0.25, 0.3) is 0 Å². The van der Waals surface area contributed by atoms with E-state index < -0.39 is 0 Å². The minimum atomic E-state index is -0.0748. The van der Waals surface area contributed by atoms with Crippen molar-refractivity contribution in [2.45, 2.75) is 27.7 Å². The third-order valence-corrected chi connectivity index (χ3v) is 4.71. The molecule has 0 heterocycles. The molecule has 0 aromatic heterocycles. The van der Waals surface area contributed by atoms with E-state index in [0.717, 1.165) is 26.9 Å². The summed E-state index contributed by atoms with van der Waals surface area (Å²) in [6.07, 6.45) is 0. The van der Waals surface area contributed by atoms with Crippen molar-refractivity contribution < 1.29 is 4.79 Å². The molecular weight excluding hydrogens is 314 g/mol. The lowest BCUT2D eigenvalue weighted by atomic mass is 10.1. The minimum absolute atomic E-state index is 0.0748. The smallest absolute Gasteiger partial charge is 0.255 e. The quantitative estimate of drug-likeness (QED) is 0.830. The van der Waals surface area contributed by atoms with Gasteiger partial charge in [0.05, 0.1) is 0 Å². The molecule has 2 rings (SSSR count). The summed E-state index contributed by atoms with van der Waals surface area (Å²) in [5.41, 5.74) is 6.05. The van der Waals surface area contributed by atoms with E-state index in [-0.39, 0.29) is 5.91 Å². The largest absolute Gasteiger partial charge is 0.322 e. The molecule has 0 bridgehead atoms. The van der Waals surface area contributed by atoms with Crippen LogP contribution < -0.4 is 5.32 Å². The molecule has 0 atom stereocenters. The molecule has 0 aliphatic rings. The van der Waals surface area contributed by atoms with Crippen LogP contribution in [0.4, 0.5) is 5.69 Å². The molecule has 2 aromatic rings. The molecule has 0 saturated heterocycles. The summed E-state index contributed by atoms with van der Waals surface area (Å²) >= 11 is 3.53. The number of aryl methyl sites for hydroxylation is 4. The SMILES string of the molecule is Cc1ccc(C(=O)Nc2cc(C)c(Br)c(C)c2)cc1C. The van der Waals surface area contributed by atoms with Gasteiger partial charge < -0.3 is 5.32 Å².